The summed E-state index contributed by atoms with van der Waals surface area (Å²) < 4.78 is 18.7. The summed E-state index contributed by atoms with van der Waals surface area (Å²) in [6.07, 6.45) is 4.38. The van der Waals surface area contributed by atoms with Crippen molar-refractivity contribution in [3.63, 3.8) is 0 Å². The summed E-state index contributed by atoms with van der Waals surface area (Å²) in [6, 6.07) is 12.1. The van der Waals surface area contributed by atoms with Crippen molar-refractivity contribution in [1.29, 1.82) is 0 Å². The van der Waals surface area contributed by atoms with E-state index < -0.39 is 11.9 Å². The lowest BCUT2D eigenvalue weighted by molar-refractivity contribution is -0.125. The van der Waals surface area contributed by atoms with E-state index in [1.54, 1.807) is 42.3 Å². The number of methoxy groups -OCH3 is 1. The Kier molecular flexibility index (Phi) is 7.45. The van der Waals surface area contributed by atoms with E-state index >= 15 is 0 Å². The summed E-state index contributed by atoms with van der Waals surface area (Å²) in [6.45, 7) is 0.484. The number of hydrogen-bond acceptors (Lipinski definition) is 4. The van der Waals surface area contributed by atoms with E-state index in [9.17, 15) is 18.8 Å². The van der Waals surface area contributed by atoms with Crippen LogP contribution >= 0.6 is 0 Å². The van der Waals surface area contributed by atoms with Gasteiger partial charge in [-0.25, -0.2) is 4.39 Å². The zero-order chi connectivity index (χ0) is 24.1. The molecule has 3 amide bonds. The number of halogens is 1. The second-order valence-corrected chi connectivity index (χ2v) is 8.93. The molecule has 1 saturated carbocycles. The van der Waals surface area contributed by atoms with Crippen molar-refractivity contribution >= 4 is 17.7 Å². The molecule has 0 aromatic heterocycles. The van der Waals surface area contributed by atoms with Crippen molar-refractivity contribution in [1.82, 2.24) is 15.5 Å². The summed E-state index contributed by atoms with van der Waals surface area (Å²) in [5, 5.41) is 6.16. The number of amides is 3. The van der Waals surface area contributed by atoms with Crippen molar-refractivity contribution in [2.24, 2.45) is 0 Å². The SMILES string of the molecule is COc1ccc(C(=O)NC2CCC(NC(=O)[C@@H]3CCCN3C(=O)c3cccc(F)c3)CC2)cc1. The molecule has 2 fully saturated rings. The van der Waals surface area contributed by atoms with E-state index in [0.717, 1.165) is 32.1 Å². The Hall–Kier alpha value is -3.42. The normalized spacial score (nSPS) is 22.2. The molecule has 0 bridgehead atoms. The second kappa shape index (κ2) is 10.7. The molecule has 8 heteroatoms. The Labute approximate surface area is 198 Å². The van der Waals surface area contributed by atoms with Gasteiger partial charge in [0.05, 0.1) is 7.11 Å². The maximum Gasteiger partial charge on any atom is 0.254 e. The molecule has 1 heterocycles. The Bertz CT molecular complexity index is 1030. The third-order valence-corrected chi connectivity index (χ3v) is 6.65. The third kappa shape index (κ3) is 5.55. The van der Waals surface area contributed by atoms with Gasteiger partial charge < -0.3 is 20.3 Å². The molecule has 1 saturated heterocycles. The van der Waals surface area contributed by atoms with Gasteiger partial charge in [0.15, 0.2) is 0 Å². The van der Waals surface area contributed by atoms with Crippen LogP contribution in [0, 0.1) is 5.82 Å². The lowest BCUT2D eigenvalue weighted by Gasteiger charge is -2.31. The van der Waals surface area contributed by atoms with E-state index in [0.29, 0.717) is 24.3 Å². The van der Waals surface area contributed by atoms with Gasteiger partial charge in [-0.1, -0.05) is 6.07 Å². The maximum atomic E-state index is 13.5. The molecule has 0 unspecified atom stereocenters. The number of nitrogens with zero attached hydrogens (tertiary/aromatic N) is 1. The van der Waals surface area contributed by atoms with Crippen molar-refractivity contribution in [2.75, 3.05) is 13.7 Å². The minimum Gasteiger partial charge on any atom is -0.497 e. The van der Waals surface area contributed by atoms with Crippen LogP contribution in [0.1, 0.15) is 59.2 Å². The number of likely N-dealkylation sites (tertiary alicyclic amines) is 1. The van der Waals surface area contributed by atoms with Crippen LogP contribution < -0.4 is 15.4 Å². The molecular formula is C26H30FN3O4. The van der Waals surface area contributed by atoms with E-state index in [2.05, 4.69) is 10.6 Å². The lowest BCUT2D eigenvalue weighted by atomic mass is 9.90. The summed E-state index contributed by atoms with van der Waals surface area (Å²) in [7, 11) is 1.58. The molecule has 1 atom stereocenters. The molecule has 7 nitrogen and oxygen atoms in total. The van der Waals surface area contributed by atoms with Gasteiger partial charge in [0.1, 0.15) is 17.6 Å². The molecule has 0 spiro atoms. The maximum absolute atomic E-state index is 13.5. The molecule has 2 N–H and O–H groups in total. The fourth-order valence-corrected chi connectivity index (χ4v) is 4.76. The molecule has 34 heavy (non-hydrogen) atoms. The smallest absolute Gasteiger partial charge is 0.254 e. The van der Waals surface area contributed by atoms with Gasteiger partial charge in [-0.3, -0.25) is 14.4 Å². The first kappa shape index (κ1) is 23.7. The van der Waals surface area contributed by atoms with Gasteiger partial charge in [-0.05, 0) is 81.0 Å². The van der Waals surface area contributed by atoms with Crippen LogP contribution in [0.3, 0.4) is 0 Å². The van der Waals surface area contributed by atoms with Crippen molar-refractivity contribution < 1.29 is 23.5 Å². The first-order valence-corrected chi connectivity index (χ1v) is 11.8. The average Bonchev–Trinajstić information content (AvgIpc) is 3.35. The monoisotopic (exact) mass is 467 g/mol. The van der Waals surface area contributed by atoms with E-state index in [1.165, 1.54) is 18.2 Å². The number of carbonyl (C=O) groups is 3. The van der Waals surface area contributed by atoms with E-state index in [4.69, 9.17) is 4.74 Å². The van der Waals surface area contributed by atoms with E-state index in [1.807, 2.05) is 0 Å². The number of hydrogen-bond donors (Lipinski definition) is 2. The topological polar surface area (TPSA) is 87.7 Å². The number of rotatable bonds is 6. The van der Waals surface area contributed by atoms with Crippen LogP contribution in [0.25, 0.3) is 0 Å². The minimum absolute atomic E-state index is 0.00774. The predicted molar refractivity (Wildman–Crippen MR) is 125 cm³/mol. The zero-order valence-corrected chi connectivity index (χ0v) is 19.3. The lowest BCUT2D eigenvalue weighted by Crippen LogP contribution is -2.50. The highest BCUT2D eigenvalue weighted by atomic mass is 19.1. The fourth-order valence-electron chi connectivity index (χ4n) is 4.76. The number of nitrogens with one attached hydrogen (secondary N) is 2. The highest BCUT2D eigenvalue weighted by Gasteiger charge is 2.36. The first-order chi connectivity index (χ1) is 16.4. The van der Waals surface area contributed by atoms with Gasteiger partial charge in [0.25, 0.3) is 11.8 Å². The van der Waals surface area contributed by atoms with Crippen LogP contribution in [-0.4, -0.2) is 54.4 Å². The number of carbonyl (C=O) groups excluding carboxylic acids is 3. The number of benzene rings is 2. The summed E-state index contributed by atoms with van der Waals surface area (Å²) in [5.41, 5.74) is 0.841. The molecule has 1 aliphatic carbocycles. The number of ether oxygens (including phenoxy) is 1. The van der Waals surface area contributed by atoms with Gasteiger partial charge in [0, 0.05) is 29.8 Å². The van der Waals surface area contributed by atoms with Crippen LogP contribution in [0.5, 0.6) is 5.75 Å². The van der Waals surface area contributed by atoms with E-state index in [-0.39, 0.29) is 35.4 Å². The van der Waals surface area contributed by atoms with Crippen LogP contribution in [0.2, 0.25) is 0 Å². The summed E-state index contributed by atoms with van der Waals surface area (Å²) in [4.78, 5) is 39.8. The van der Waals surface area contributed by atoms with Gasteiger partial charge in [-0.15, -0.1) is 0 Å². The van der Waals surface area contributed by atoms with Crippen molar-refractivity contribution in [3.05, 3.63) is 65.5 Å². The highest BCUT2D eigenvalue weighted by molar-refractivity contribution is 5.98. The highest BCUT2D eigenvalue weighted by Crippen LogP contribution is 2.23. The second-order valence-electron chi connectivity index (χ2n) is 8.93. The zero-order valence-electron chi connectivity index (χ0n) is 19.3. The van der Waals surface area contributed by atoms with Crippen LogP contribution in [-0.2, 0) is 4.79 Å². The van der Waals surface area contributed by atoms with Gasteiger partial charge in [0.2, 0.25) is 5.91 Å². The Balaban J connectivity index is 1.26. The quantitative estimate of drug-likeness (QED) is 0.683. The van der Waals surface area contributed by atoms with Crippen LogP contribution in [0.4, 0.5) is 4.39 Å². The molecule has 1 aliphatic heterocycles. The van der Waals surface area contributed by atoms with Gasteiger partial charge >= 0.3 is 0 Å². The summed E-state index contributed by atoms with van der Waals surface area (Å²) >= 11 is 0. The Morgan fingerprint density at radius 3 is 2.24 bits per heavy atom. The molecule has 180 valence electrons. The fraction of sp³-hybridized carbons (Fsp3) is 0.423. The Morgan fingerprint density at radius 1 is 0.912 bits per heavy atom. The standard InChI is InChI=1S/C26H30FN3O4/c1-34-22-13-7-17(8-14-22)24(31)28-20-9-11-21(12-10-20)29-25(32)23-6-3-15-30(23)26(33)18-4-2-5-19(27)16-18/h2,4-5,7-8,13-14,16,20-21,23H,3,6,9-12,15H2,1H3,(H,28,31)(H,29,32)/t20?,21?,23-/m0/s1. The first-order valence-electron chi connectivity index (χ1n) is 11.8. The minimum atomic E-state index is -0.539. The summed E-state index contributed by atoms with van der Waals surface area (Å²) in [5.74, 6) is -0.365. The molecular weight excluding hydrogens is 437 g/mol. The molecule has 2 aromatic rings. The van der Waals surface area contributed by atoms with Gasteiger partial charge in [-0.2, -0.15) is 0 Å². The molecule has 0 radical (unpaired) electrons. The Morgan fingerprint density at radius 2 is 1.59 bits per heavy atom. The molecule has 4 rings (SSSR count). The predicted octanol–water partition coefficient (Wildman–Crippen LogP) is 3.30. The third-order valence-electron chi connectivity index (χ3n) is 6.65. The average molecular weight is 468 g/mol. The largest absolute Gasteiger partial charge is 0.497 e. The van der Waals surface area contributed by atoms with Crippen LogP contribution in [0.15, 0.2) is 48.5 Å². The molecule has 2 aromatic carbocycles. The van der Waals surface area contributed by atoms with Crippen molar-refractivity contribution in [3.8, 4) is 5.75 Å². The van der Waals surface area contributed by atoms with Crippen molar-refractivity contribution in [2.45, 2.75) is 56.7 Å². The molecule has 2 aliphatic rings.